The summed E-state index contributed by atoms with van der Waals surface area (Å²) in [5.74, 6) is -0.196. The molecule has 0 atom stereocenters. The number of hydrogen-bond donors (Lipinski definition) is 2. The van der Waals surface area contributed by atoms with Gasteiger partial charge in [-0.1, -0.05) is 6.07 Å². The molecule has 0 radical (unpaired) electrons. The van der Waals surface area contributed by atoms with Gasteiger partial charge < -0.3 is 25.4 Å². The number of benzene rings is 2. The van der Waals surface area contributed by atoms with E-state index >= 15 is 0 Å². The van der Waals surface area contributed by atoms with Gasteiger partial charge in [-0.15, -0.1) is 0 Å². The normalized spacial score (nSPS) is 10.0. The maximum absolute atomic E-state index is 12.0. The third-order valence-corrected chi connectivity index (χ3v) is 3.49. The van der Waals surface area contributed by atoms with Crippen molar-refractivity contribution in [2.24, 2.45) is 5.73 Å². The summed E-state index contributed by atoms with van der Waals surface area (Å²) in [6.45, 7) is -0.283. The molecule has 27 heavy (non-hydrogen) atoms. The van der Waals surface area contributed by atoms with Crippen molar-refractivity contribution >= 4 is 23.4 Å². The molecule has 2 aromatic rings. The monoisotopic (exact) mass is 371 g/mol. The summed E-state index contributed by atoms with van der Waals surface area (Å²) >= 11 is 0. The van der Waals surface area contributed by atoms with Crippen molar-refractivity contribution in [3.05, 3.63) is 54.1 Å². The van der Waals surface area contributed by atoms with Crippen LogP contribution in [-0.4, -0.2) is 49.9 Å². The number of primary amides is 1. The summed E-state index contributed by atoms with van der Waals surface area (Å²) in [4.78, 5) is 36.0. The van der Waals surface area contributed by atoms with Gasteiger partial charge in [0.2, 0.25) is 5.91 Å². The number of anilines is 1. The molecule has 8 heteroatoms. The van der Waals surface area contributed by atoms with Crippen LogP contribution in [0.2, 0.25) is 0 Å². The first-order valence-corrected chi connectivity index (χ1v) is 8.10. The predicted molar refractivity (Wildman–Crippen MR) is 99.7 cm³/mol. The molecule has 0 aliphatic carbocycles. The first kappa shape index (κ1) is 19.8. The number of amides is 3. The molecule has 0 bridgehead atoms. The van der Waals surface area contributed by atoms with Crippen LogP contribution in [0.4, 0.5) is 5.69 Å². The molecular formula is C19H21N3O5. The van der Waals surface area contributed by atoms with Gasteiger partial charge in [-0.3, -0.25) is 14.4 Å². The molecule has 0 unspecified atom stereocenters. The topological polar surface area (TPSA) is 111 Å². The molecule has 0 aromatic heterocycles. The SMILES string of the molecule is CN(C)C(=O)COc1ccc(NC(=O)COc2cccc(C(N)=O)c2)cc1. The van der Waals surface area contributed by atoms with Gasteiger partial charge in [0.1, 0.15) is 11.5 Å². The molecular weight excluding hydrogens is 350 g/mol. The first-order valence-electron chi connectivity index (χ1n) is 8.10. The van der Waals surface area contributed by atoms with Crippen LogP contribution in [-0.2, 0) is 9.59 Å². The highest BCUT2D eigenvalue weighted by Crippen LogP contribution is 2.16. The minimum Gasteiger partial charge on any atom is -0.484 e. The highest BCUT2D eigenvalue weighted by molar-refractivity contribution is 5.93. The van der Waals surface area contributed by atoms with E-state index in [9.17, 15) is 14.4 Å². The average Bonchev–Trinajstić information content (AvgIpc) is 2.65. The lowest BCUT2D eigenvalue weighted by Crippen LogP contribution is -2.27. The Balaban J connectivity index is 1.82. The van der Waals surface area contributed by atoms with Gasteiger partial charge in [-0.25, -0.2) is 0 Å². The zero-order valence-electron chi connectivity index (χ0n) is 15.1. The number of carbonyl (C=O) groups is 3. The lowest BCUT2D eigenvalue weighted by Gasteiger charge is -2.12. The molecule has 0 fully saturated rings. The van der Waals surface area contributed by atoms with Crippen LogP contribution in [0, 0.1) is 0 Å². The van der Waals surface area contributed by atoms with Crippen LogP contribution in [0.1, 0.15) is 10.4 Å². The Bertz CT molecular complexity index is 818. The number of ether oxygens (including phenoxy) is 2. The van der Waals surface area contributed by atoms with Crippen LogP contribution in [0.15, 0.2) is 48.5 Å². The molecule has 0 saturated heterocycles. The number of carbonyl (C=O) groups excluding carboxylic acids is 3. The Hall–Kier alpha value is -3.55. The summed E-state index contributed by atoms with van der Waals surface area (Å²) in [5, 5.41) is 2.67. The minimum atomic E-state index is -0.570. The van der Waals surface area contributed by atoms with E-state index < -0.39 is 5.91 Å². The van der Waals surface area contributed by atoms with E-state index in [0.29, 0.717) is 22.7 Å². The smallest absolute Gasteiger partial charge is 0.262 e. The van der Waals surface area contributed by atoms with Gasteiger partial charge in [0.25, 0.3) is 11.8 Å². The molecule has 8 nitrogen and oxygen atoms in total. The fourth-order valence-corrected chi connectivity index (χ4v) is 1.99. The molecule has 0 spiro atoms. The highest BCUT2D eigenvalue weighted by Gasteiger charge is 2.07. The molecule has 3 N–H and O–H groups in total. The van der Waals surface area contributed by atoms with E-state index in [1.54, 1.807) is 56.6 Å². The second-order valence-electron chi connectivity index (χ2n) is 5.83. The molecule has 2 rings (SSSR count). The number of likely N-dealkylation sites (N-methyl/N-ethyl adjacent to an activating group) is 1. The van der Waals surface area contributed by atoms with Crippen molar-refractivity contribution in [2.75, 3.05) is 32.6 Å². The molecule has 3 amide bonds. The van der Waals surface area contributed by atoms with Gasteiger partial charge >= 0.3 is 0 Å². The number of nitrogens with one attached hydrogen (secondary N) is 1. The van der Waals surface area contributed by atoms with Crippen LogP contribution in [0.5, 0.6) is 11.5 Å². The molecule has 0 heterocycles. The van der Waals surface area contributed by atoms with Crippen LogP contribution < -0.4 is 20.5 Å². The van der Waals surface area contributed by atoms with Crippen molar-refractivity contribution in [3.8, 4) is 11.5 Å². The molecule has 142 valence electrons. The van der Waals surface area contributed by atoms with E-state index in [1.165, 1.54) is 11.0 Å². The maximum Gasteiger partial charge on any atom is 0.262 e. The second kappa shape index (κ2) is 9.23. The zero-order chi connectivity index (χ0) is 19.8. The summed E-state index contributed by atoms with van der Waals surface area (Å²) in [7, 11) is 3.30. The van der Waals surface area contributed by atoms with E-state index in [1.807, 2.05) is 0 Å². The Morgan fingerprint density at radius 2 is 1.63 bits per heavy atom. The number of nitrogens with zero attached hydrogens (tertiary/aromatic N) is 1. The highest BCUT2D eigenvalue weighted by atomic mass is 16.5. The van der Waals surface area contributed by atoms with Crippen LogP contribution in [0.25, 0.3) is 0 Å². The number of nitrogens with two attached hydrogens (primary N) is 1. The average molecular weight is 371 g/mol. The maximum atomic E-state index is 12.0. The fourth-order valence-electron chi connectivity index (χ4n) is 1.99. The largest absolute Gasteiger partial charge is 0.484 e. The van der Waals surface area contributed by atoms with Gasteiger partial charge in [0.05, 0.1) is 0 Å². The van der Waals surface area contributed by atoms with Gasteiger partial charge in [-0.05, 0) is 42.5 Å². The molecule has 0 aliphatic heterocycles. The summed E-state index contributed by atoms with van der Waals surface area (Å²) in [5.41, 5.74) is 6.06. The van der Waals surface area contributed by atoms with E-state index in [-0.39, 0.29) is 25.0 Å². The Kier molecular flexibility index (Phi) is 6.76. The van der Waals surface area contributed by atoms with Gasteiger partial charge in [0, 0.05) is 25.3 Å². The Labute approximate surface area is 156 Å². The lowest BCUT2D eigenvalue weighted by molar-refractivity contribution is -0.130. The molecule has 0 aliphatic rings. The number of rotatable bonds is 8. The summed E-state index contributed by atoms with van der Waals surface area (Å²) in [6, 6.07) is 12.9. The van der Waals surface area contributed by atoms with Crippen molar-refractivity contribution in [2.45, 2.75) is 0 Å². The first-order chi connectivity index (χ1) is 12.8. The Morgan fingerprint density at radius 3 is 2.26 bits per heavy atom. The molecule has 2 aromatic carbocycles. The van der Waals surface area contributed by atoms with E-state index in [2.05, 4.69) is 5.32 Å². The number of hydrogen-bond acceptors (Lipinski definition) is 5. The standard InChI is InChI=1S/C19H21N3O5/c1-22(2)18(24)12-27-15-8-6-14(7-9-15)21-17(23)11-26-16-5-3-4-13(10-16)19(20)25/h3-10H,11-12H2,1-2H3,(H2,20,25)(H,21,23). The van der Waals surface area contributed by atoms with Gasteiger partial charge in [0.15, 0.2) is 13.2 Å². The Morgan fingerprint density at radius 1 is 0.963 bits per heavy atom. The van der Waals surface area contributed by atoms with Crippen LogP contribution >= 0.6 is 0 Å². The van der Waals surface area contributed by atoms with Gasteiger partial charge in [-0.2, -0.15) is 0 Å². The quantitative estimate of drug-likeness (QED) is 0.726. The molecule has 0 saturated carbocycles. The third kappa shape index (κ3) is 6.35. The van der Waals surface area contributed by atoms with Crippen molar-refractivity contribution in [1.82, 2.24) is 4.90 Å². The van der Waals surface area contributed by atoms with Crippen molar-refractivity contribution in [1.29, 1.82) is 0 Å². The van der Waals surface area contributed by atoms with E-state index in [0.717, 1.165) is 0 Å². The predicted octanol–water partition coefficient (Wildman–Crippen LogP) is 1.27. The zero-order valence-corrected chi connectivity index (χ0v) is 15.1. The summed E-state index contributed by atoms with van der Waals surface area (Å²) < 4.78 is 10.7. The summed E-state index contributed by atoms with van der Waals surface area (Å²) in [6.07, 6.45) is 0. The minimum absolute atomic E-state index is 0.0586. The van der Waals surface area contributed by atoms with Crippen LogP contribution in [0.3, 0.4) is 0 Å². The van der Waals surface area contributed by atoms with Crippen molar-refractivity contribution in [3.63, 3.8) is 0 Å². The van der Waals surface area contributed by atoms with E-state index in [4.69, 9.17) is 15.2 Å². The lowest BCUT2D eigenvalue weighted by atomic mass is 10.2. The fraction of sp³-hybridized carbons (Fsp3) is 0.211. The second-order valence-corrected chi connectivity index (χ2v) is 5.83. The third-order valence-electron chi connectivity index (χ3n) is 3.49. The van der Waals surface area contributed by atoms with Crippen molar-refractivity contribution < 1.29 is 23.9 Å².